The molecule has 2 aromatic carbocycles. The van der Waals surface area contributed by atoms with Crippen molar-refractivity contribution in [3.05, 3.63) is 89.3 Å². The van der Waals surface area contributed by atoms with Crippen molar-refractivity contribution >= 4 is 34.2 Å². The molecule has 5 heteroatoms. The number of benzene rings is 2. The molecule has 0 aliphatic heterocycles. The Hall–Kier alpha value is -3.55. The van der Waals surface area contributed by atoms with Crippen LogP contribution in [0.5, 0.6) is 11.5 Å². The number of hydrogen-bond donors (Lipinski definition) is 1. The number of rotatable bonds is 4. The highest BCUT2D eigenvalue weighted by Gasteiger charge is 2.11. The number of para-hydroxylation sites is 1. The molecule has 0 aliphatic carbocycles. The summed E-state index contributed by atoms with van der Waals surface area (Å²) >= 11 is 6.12. The molecule has 27 heavy (non-hydrogen) atoms. The lowest BCUT2D eigenvalue weighted by Gasteiger charge is -2.08. The van der Waals surface area contributed by atoms with E-state index in [0.717, 1.165) is 22.2 Å². The maximum atomic E-state index is 9.74. The highest BCUT2D eigenvalue weighted by Crippen LogP contribution is 2.31. The number of halogens is 1. The molecule has 0 atom stereocenters. The van der Waals surface area contributed by atoms with Crippen LogP contribution < -0.4 is 4.74 Å². The average Bonchev–Trinajstić information content (AvgIpc) is 3.11. The molecule has 1 N–H and O–H groups in total. The highest BCUT2D eigenvalue weighted by atomic mass is 35.5. The summed E-state index contributed by atoms with van der Waals surface area (Å²) in [5.74, 6) is 1.34. The van der Waals surface area contributed by atoms with Crippen LogP contribution in [0.15, 0.2) is 73.2 Å². The molecule has 0 unspecified atom stereocenters. The smallest absolute Gasteiger partial charge is 0.137 e. The van der Waals surface area contributed by atoms with Crippen molar-refractivity contribution in [2.24, 2.45) is 0 Å². The quantitative estimate of drug-likeness (QED) is 0.442. The lowest BCUT2D eigenvalue weighted by molar-refractivity contribution is 0.481. The maximum absolute atomic E-state index is 9.74. The Balaban J connectivity index is 1.77. The van der Waals surface area contributed by atoms with E-state index in [0.29, 0.717) is 21.9 Å². The Labute approximate surface area is 161 Å². The third-order valence-electron chi connectivity index (χ3n) is 4.14. The van der Waals surface area contributed by atoms with Crippen molar-refractivity contribution in [1.29, 1.82) is 5.26 Å². The maximum Gasteiger partial charge on any atom is 0.137 e. The van der Waals surface area contributed by atoms with Crippen molar-refractivity contribution < 1.29 is 4.74 Å². The topological polar surface area (TPSA) is 61.7 Å². The predicted octanol–water partition coefficient (Wildman–Crippen LogP) is 6.07. The van der Waals surface area contributed by atoms with E-state index in [1.54, 1.807) is 24.5 Å². The van der Waals surface area contributed by atoms with Gasteiger partial charge in [0.1, 0.15) is 11.5 Å². The summed E-state index contributed by atoms with van der Waals surface area (Å²) in [6, 6.07) is 19.1. The van der Waals surface area contributed by atoms with E-state index in [4.69, 9.17) is 16.3 Å². The van der Waals surface area contributed by atoms with E-state index in [1.165, 1.54) is 0 Å². The van der Waals surface area contributed by atoms with Crippen LogP contribution >= 0.6 is 11.6 Å². The zero-order valence-corrected chi connectivity index (χ0v) is 14.9. The van der Waals surface area contributed by atoms with Crippen molar-refractivity contribution in [3.63, 3.8) is 0 Å². The Kier molecular flexibility index (Phi) is 4.61. The second kappa shape index (κ2) is 7.36. The third kappa shape index (κ3) is 3.55. The van der Waals surface area contributed by atoms with Crippen LogP contribution in [0, 0.1) is 11.3 Å². The minimum atomic E-state index is 0.495. The number of H-pyrrole nitrogens is 1. The molecule has 130 valence electrons. The number of pyridine rings is 1. The molecule has 2 aromatic heterocycles. The minimum Gasteiger partial charge on any atom is -0.457 e. The molecule has 0 radical (unpaired) electrons. The van der Waals surface area contributed by atoms with Crippen molar-refractivity contribution in [1.82, 2.24) is 9.97 Å². The molecule has 4 aromatic rings. The second-order valence-electron chi connectivity index (χ2n) is 5.89. The molecule has 2 heterocycles. The van der Waals surface area contributed by atoms with Crippen molar-refractivity contribution in [3.8, 4) is 17.6 Å². The standard InChI is InChI=1S/C22H14ClN3O/c23-17-6-7-21-19(11-17)20(14-26-21)15(12-24)10-16-13-25-9-8-22(16)27-18-4-2-1-3-5-18/h1-11,13-14,26H. The summed E-state index contributed by atoms with van der Waals surface area (Å²) in [6.45, 7) is 0. The summed E-state index contributed by atoms with van der Waals surface area (Å²) in [4.78, 5) is 7.34. The van der Waals surface area contributed by atoms with Gasteiger partial charge in [0.25, 0.3) is 0 Å². The van der Waals surface area contributed by atoms with Gasteiger partial charge in [0.2, 0.25) is 0 Å². The predicted molar refractivity (Wildman–Crippen MR) is 108 cm³/mol. The average molecular weight is 372 g/mol. The summed E-state index contributed by atoms with van der Waals surface area (Å²) in [6.07, 6.45) is 6.92. The van der Waals surface area contributed by atoms with Crippen molar-refractivity contribution in [2.45, 2.75) is 0 Å². The fraction of sp³-hybridized carbons (Fsp3) is 0. The first-order valence-electron chi connectivity index (χ1n) is 8.30. The lowest BCUT2D eigenvalue weighted by Crippen LogP contribution is -1.89. The van der Waals surface area contributed by atoms with Gasteiger partial charge in [-0.15, -0.1) is 0 Å². The van der Waals surface area contributed by atoms with Gasteiger partial charge in [-0.2, -0.15) is 5.26 Å². The second-order valence-corrected chi connectivity index (χ2v) is 6.33. The Morgan fingerprint density at radius 3 is 2.81 bits per heavy atom. The minimum absolute atomic E-state index is 0.495. The van der Waals surface area contributed by atoms with Crippen LogP contribution in [0.3, 0.4) is 0 Å². The number of nitrogens with one attached hydrogen (secondary N) is 1. The van der Waals surface area contributed by atoms with Crippen LogP contribution in [0.25, 0.3) is 22.6 Å². The third-order valence-corrected chi connectivity index (χ3v) is 4.37. The van der Waals surface area contributed by atoms with E-state index in [-0.39, 0.29) is 0 Å². The summed E-state index contributed by atoms with van der Waals surface area (Å²) in [7, 11) is 0. The van der Waals surface area contributed by atoms with Crippen LogP contribution in [-0.2, 0) is 0 Å². The fourth-order valence-electron chi connectivity index (χ4n) is 2.85. The van der Waals surface area contributed by atoms with Crippen LogP contribution in [0.2, 0.25) is 5.02 Å². The molecule has 0 fully saturated rings. The number of fused-ring (bicyclic) bond motifs is 1. The molecule has 0 bridgehead atoms. The molecule has 0 amide bonds. The molecule has 0 saturated carbocycles. The van der Waals surface area contributed by atoms with Crippen LogP contribution in [-0.4, -0.2) is 9.97 Å². The lowest BCUT2D eigenvalue weighted by atomic mass is 10.0. The molecular weight excluding hydrogens is 358 g/mol. The van der Waals surface area contributed by atoms with E-state index in [1.807, 2.05) is 54.7 Å². The first kappa shape index (κ1) is 16.9. The van der Waals surface area contributed by atoms with Crippen molar-refractivity contribution in [2.75, 3.05) is 0 Å². The monoisotopic (exact) mass is 371 g/mol. The number of ether oxygens (including phenoxy) is 1. The van der Waals surface area contributed by atoms with Gasteiger partial charge in [0, 0.05) is 45.6 Å². The van der Waals surface area contributed by atoms with Gasteiger partial charge < -0.3 is 9.72 Å². The van der Waals surface area contributed by atoms with Crippen LogP contribution in [0.4, 0.5) is 0 Å². The Bertz CT molecular complexity index is 1170. The number of nitrogens with zero attached hydrogens (tertiary/aromatic N) is 2. The Morgan fingerprint density at radius 2 is 2.00 bits per heavy atom. The Morgan fingerprint density at radius 1 is 1.15 bits per heavy atom. The molecule has 4 nitrogen and oxygen atoms in total. The summed E-state index contributed by atoms with van der Waals surface area (Å²) in [5.41, 5.74) is 2.91. The molecule has 0 aliphatic rings. The molecule has 0 spiro atoms. The van der Waals surface area contributed by atoms with E-state index in [9.17, 15) is 5.26 Å². The van der Waals surface area contributed by atoms with E-state index in [2.05, 4.69) is 16.0 Å². The van der Waals surface area contributed by atoms with Gasteiger partial charge in [-0.25, -0.2) is 0 Å². The number of aromatic amines is 1. The SMILES string of the molecule is N#CC(=Cc1cnccc1Oc1ccccc1)c1c[nH]c2ccc(Cl)cc12. The normalized spacial score (nSPS) is 11.3. The van der Waals surface area contributed by atoms with Gasteiger partial charge >= 0.3 is 0 Å². The number of allylic oxidation sites excluding steroid dienone is 1. The first-order chi connectivity index (χ1) is 13.2. The zero-order chi connectivity index (χ0) is 18.6. The molecule has 0 saturated heterocycles. The zero-order valence-electron chi connectivity index (χ0n) is 14.2. The van der Waals surface area contributed by atoms with E-state index >= 15 is 0 Å². The summed E-state index contributed by atoms with van der Waals surface area (Å²) in [5, 5.41) is 11.3. The van der Waals surface area contributed by atoms with Gasteiger partial charge in [-0.05, 0) is 42.5 Å². The molecule has 4 rings (SSSR count). The highest BCUT2D eigenvalue weighted by molar-refractivity contribution is 6.31. The number of nitriles is 1. The number of aromatic nitrogens is 2. The van der Waals surface area contributed by atoms with Gasteiger partial charge in [-0.1, -0.05) is 29.8 Å². The largest absolute Gasteiger partial charge is 0.457 e. The van der Waals surface area contributed by atoms with Gasteiger partial charge in [-0.3, -0.25) is 4.98 Å². The number of hydrogen-bond acceptors (Lipinski definition) is 3. The van der Waals surface area contributed by atoms with Gasteiger partial charge in [0.15, 0.2) is 0 Å². The molecular formula is C22H14ClN3O. The van der Waals surface area contributed by atoms with E-state index < -0.39 is 0 Å². The summed E-state index contributed by atoms with van der Waals surface area (Å²) < 4.78 is 5.96. The fourth-order valence-corrected chi connectivity index (χ4v) is 3.02. The van der Waals surface area contributed by atoms with Crippen LogP contribution in [0.1, 0.15) is 11.1 Å². The van der Waals surface area contributed by atoms with Gasteiger partial charge in [0.05, 0.1) is 11.6 Å². The first-order valence-corrected chi connectivity index (χ1v) is 8.68.